The van der Waals surface area contributed by atoms with Gasteiger partial charge in [0.25, 0.3) is 5.91 Å². The maximum Gasteiger partial charge on any atom is 0.524 e. The molecule has 11 nitrogen and oxygen atoms in total. The van der Waals surface area contributed by atoms with E-state index in [-0.39, 0.29) is 35.5 Å². The number of phosphoric ester groups is 1. The molecule has 3 amide bonds. The average molecular weight is 559 g/mol. The fraction of sp³-hybridized carbons (Fsp3) is 0.407. The Morgan fingerprint density at radius 3 is 2.03 bits per heavy atom. The summed E-state index contributed by atoms with van der Waals surface area (Å²) in [4.78, 5) is 57.2. The van der Waals surface area contributed by atoms with Gasteiger partial charge in [-0.05, 0) is 60.2 Å². The summed E-state index contributed by atoms with van der Waals surface area (Å²) in [5, 5.41) is 17.3. The van der Waals surface area contributed by atoms with E-state index in [1.54, 1.807) is 0 Å². The van der Waals surface area contributed by atoms with Crippen LogP contribution < -0.4 is 20.5 Å². The van der Waals surface area contributed by atoms with E-state index in [9.17, 15) is 18.9 Å². The number of nitrogens with one attached hydrogen (secondary N) is 3. The Hall–Kier alpha value is -3.71. The first-order chi connectivity index (χ1) is 18.3. The molecule has 0 saturated heterocycles. The van der Waals surface area contributed by atoms with Crippen molar-refractivity contribution in [2.24, 2.45) is 11.8 Å². The predicted octanol–water partition coefficient (Wildman–Crippen LogP) is 2.67. The number of hydrogen-bond acceptors (Lipinski definition) is 6. The molecule has 0 radical (unpaired) electrons. The van der Waals surface area contributed by atoms with E-state index in [0.717, 1.165) is 0 Å². The van der Waals surface area contributed by atoms with Gasteiger partial charge in [0.05, 0.1) is 11.6 Å². The first-order valence-corrected chi connectivity index (χ1v) is 14.0. The van der Waals surface area contributed by atoms with Crippen LogP contribution in [-0.2, 0) is 20.6 Å². The van der Waals surface area contributed by atoms with Gasteiger partial charge in [-0.15, -0.1) is 0 Å². The molecule has 0 saturated carbocycles. The Bertz CT molecular complexity index is 1220. The molecule has 0 unspecified atom stereocenters. The lowest BCUT2D eigenvalue weighted by atomic mass is 10.0. The molecule has 2 atom stereocenters. The highest BCUT2D eigenvalue weighted by molar-refractivity contribution is 7.46. The van der Waals surface area contributed by atoms with Crippen molar-refractivity contribution in [3.8, 4) is 11.8 Å². The highest BCUT2D eigenvalue weighted by Crippen LogP contribution is 2.37. The SMILES string of the molecule is CC(C)CNC(=O)[C@H](CC(C)C)NC(=O)[C@H](Cc1ccc(OP(=O)(O)O)cc1)NC(=O)c1ccc(C#N)cc1. The third-order valence-corrected chi connectivity index (χ3v) is 5.96. The third kappa shape index (κ3) is 11.3. The van der Waals surface area contributed by atoms with Crippen molar-refractivity contribution in [1.82, 2.24) is 16.0 Å². The van der Waals surface area contributed by atoms with E-state index < -0.39 is 31.7 Å². The van der Waals surface area contributed by atoms with Crippen molar-refractivity contribution < 1.29 is 33.3 Å². The summed E-state index contributed by atoms with van der Waals surface area (Å²) in [5.41, 5.74) is 1.19. The molecule has 0 bridgehead atoms. The van der Waals surface area contributed by atoms with Gasteiger partial charge in [0.15, 0.2) is 0 Å². The van der Waals surface area contributed by atoms with Gasteiger partial charge in [-0.3, -0.25) is 24.2 Å². The van der Waals surface area contributed by atoms with Gasteiger partial charge in [0.1, 0.15) is 17.8 Å². The van der Waals surface area contributed by atoms with Crippen LogP contribution in [0.25, 0.3) is 0 Å². The third-order valence-electron chi connectivity index (χ3n) is 5.51. The van der Waals surface area contributed by atoms with Crippen molar-refractivity contribution in [2.45, 2.75) is 52.6 Å². The number of amides is 3. The molecule has 39 heavy (non-hydrogen) atoms. The molecule has 12 heteroatoms. The van der Waals surface area contributed by atoms with Crippen LogP contribution >= 0.6 is 7.82 Å². The van der Waals surface area contributed by atoms with Gasteiger partial charge in [0, 0.05) is 18.5 Å². The summed E-state index contributed by atoms with van der Waals surface area (Å²) in [7, 11) is -4.73. The molecule has 2 aromatic rings. The van der Waals surface area contributed by atoms with E-state index in [2.05, 4.69) is 20.5 Å². The zero-order chi connectivity index (χ0) is 29.2. The number of phosphoric acid groups is 1. The summed E-state index contributed by atoms with van der Waals surface area (Å²) < 4.78 is 15.6. The minimum atomic E-state index is -4.73. The number of hydrogen-bond donors (Lipinski definition) is 5. The van der Waals surface area contributed by atoms with Gasteiger partial charge in [-0.1, -0.05) is 39.8 Å². The van der Waals surface area contributed by atoms with Crippen molar-refractivity contribution >= 4 is 25.5 Å². The van der Waals surface area contributed by atoms with Crippen LogP contribution in [0.5, 0.6) is 5.75 Å². The van der Waals surface area contributed by atoms with Crippen LogP contribution in [0.3, 0.4) is 0 Å². The Morgan fingerprint density at radius 2 is 1.51 bits per heavy atom. The Morgan fingerprint density at radius 1 is 0.897 bits per heavy atom. The lowest BCUT2D eigenvalue weighted by Gasteiger charge is -2.25. The summed E-state index contributed by atoms with van der Waals surface area (Å²) in [6.45, 7) is 8.23. The summed E-state index contributed by atoms with van der Waals surface area (Å²) >= 11 is 0. The number of nitriles is 1. The smallest absolute Gasteiger partial charge is 0.404 e. The molecule has 0 aliphatic heterocycles. The summed E-state index contributed by atoms with van der Waals surface area (Å²) in [5.74, 6) is -1.17. The second kappa shape index (κ2) is 14.4. The molecule has 0 spiro atoms. The number of carbonyl (C=O) groups is 3. The topological polar surface area (TPSA) is 178 Å². The molecule has 0 aliphatic rings. The standard InChI is InChI=1S/C27H35N4O7P/c1-17(2)13-23(26(33)29-16-18(3)4)31-27(34)24(30-25(32)21-9-5-20(15-28)6-10-21)14-19-7-11-22(12-8-19)38-39(35,36)37/h5-12,17-18,23-24H,13-14,16H2,1-4H3,(H,29,33)(H,30,32)(H,31,34)(H2,35,36,37)/t23-,24-/m0/s1. The zero-order valence-electron chi connectivity index (χ0n) is 22.4. The quantitative estimate of drug-likeness (QED) is 0.233. The number of nitrogens with zero attached hydrogens (tertiary/aromatic N) is 1. The Labute approximate surface area is 228 Å². The highest BCUT2D eigenvalue weighted by atomic mass is 31.2. The van der Waals surface area contributed by atoms with Crippen LogP contribution in [0.15, 0.2) is 48.5 Å². The monoisotopic (exact) mass is 558 g/mol. The Balaban J connectivity index is 2.28. The summed E-state index contributed by atoms with van der Waals surface area (Å²) in [6.07, 6.45) is 0.409. The number of carbonyl (C=O) groups excluding carboxylic acids is 3. The van der Waals surface area contributed by atoms with Crippen molar-refractivity contribution in [2.75, 3.05) is 6.54 Å². The Kier molecular flexibility index (Phi) is 11.7. The predicted molar refractivity (Wildman–Crippen MR) is 144 cm³/mol. The average Bonchev–Trinajstić information content (AvgIpc) is 2.86. The maximum absolute atomic E-state index is 13.4. The molecule has 2 rings (SSSR count). The second-order valence-corrected chi connectivity index (χ2v) is 11.1. The molecule has 0 heterocycles. The van der Waals surface area contributed by atoms with E-state index in [0.29, 0.717) is 24.1 Å². The van der Waals surface area contributed by atoms with Gasteiger partial charge >= 0.3 is 7.82 Å². The number of rotatable bonds is 13. The molecular weight excluding hydrogens is 523 g/mol. The fourth-order valence-electron chi connectivity index (χ4n) is 3.61. The lowest BCUT2D eigenvalue weighted by molar-refractivity contribution is -0.130. The fourth-order valence-corrected chi connectivity index (χ4v) is 4.01. The minimum Gasteiger partial charge on any atom is -0.404 e. The molecule has 0 aliphatic carbocycles. The largest absolute Gasteiger partial charge is 0.524 e. The zero-order valence-corrected chi connectivity index (χ0v) is 23.3. The van der Waals surface area contributed by atoms with Crippen LogP contribution in [0.4, 0.5) is 0 Å². The van der Waals surface area contributed by atoms with E-state index in [4.69, 9.17) is 15.0 Å². The molecule has 5 N–H and O–H groups in total. The van der Waals surface area contributed by atoms with Gasteiger partial charge in [-0.25, -0.2) is 4.57 Å². The van der Waals surface area contributed by atoms with Gasteiger partial charge in [0.2, 0.25) is 11.8 Å². The van der Waals surface area contributed by atoms with Crippen LogP contribution in [-0.4, -0.2) is 46.1 Å². The first kappa shape index (κ1) is 31.5. The summed E-state index contributed by atoms with van der Waals surface area (Å²) in [6, 6.07) is 11.7. The normalized spacial score (nSPS) is 12.8. The number of benzene rings is 2. The molecule has 0 fully saturated rings. The van der Waals surface area contributed by atoms with Crippen molar-refractivity contribution in [3.05, 3.63) is 65.2 Å². The van der Waals surface area contributed by atoms with Crippen LogP contribution in [0, 0.1) is 23.2 Å². The first-order valence-electron chi connectivity index (χ1n) is 12.5. The minimum absolute atomic E-state index is 0.0199. The van der Waals surface area contributed by atoms with Crippen LogP contribution in [0.2, 0.25) is 0 Å². The highest BCUT2D eigenvalue weighted by Gasteiger charge is 2.28. The van der Waals surface area contributed by atoms with Crippen molar-refractivity contribution in [3.63, 3.8) is 0 Å². The van der Waals surface area contributed by atoms with Gasteiger partial charge < -0.3 is 20.5 Å². The van der Waals surface area contributed by atoms with E-state index in [1.165, 1.54) is 48.5 Å². The van der Waals surface area contributed by atoms with Crippen molar-refractivity contribution in [1.29, 1.82) is 5.26 Å². The maximum atomic E-state index is 13.4. The van der Waals surface area contributed by atoms with Crippen LogP contribution in [0.1, 0.15) is 55.6 Å². The molecule has 0 aromatic heterocycles. The molecular formula is C27H35N4O7P. The van der Waals surface area contributed by atoms with E-state index >= 15 is 0 Å². The molecule has 2 aromatic carbocycles. The van der Waals surface area contributed by atoms with E-state index in [1.807, 2.05) is 33.8 Å². The molecule has 210 valence electrons. The lowest BCUT2D eigenvalue weighted by Crippen LogP contribution is -2.55. The van der Waals surface area contributed by atoms with Gasteiger partial charge in [-0.2, -0.15) is 5.26 Å². The second-order valence-electron chi connectivity index (χ2n) is 9.97.